The first-order chi connectivity index (χ1) is 7.04. The highest BCUT2D eigenvalue weighted by Crippen LogP contribution is 2.15. The molecule has 1 heterocycles. The van der Waals surface area contributed by atoms with E-state index >= 15 is 0 Å². The number of carbonyl (C=O) groups excluding carboxylic acids is 1. The smallest absolute Gasteiger partial charge is 0.239 e. The molecule has 1 aliphatic rings. The van der Waals surface area contributed by atoms with Gasteiger partial charge in [0.25, 0.3) is 0 Å². The van der Waals surface area contributed by atoms with Crippen LogP contribution < -0.4 is 5.73 Å². The fraction of sp³-hybridized carbons (Fsp3) is 0.909. The van der Waals surface area contributed by atoms with Crippen LogP contribution in [0.1, 0.15) is 20.3 Å². The second kappa shape index (κ2) is 5.47. The molecule has 1 saturated heterocycles. The minimum absolute atomic E-state index is 0.0760. The number of likely N-dealkylation sites (tertiary alicyclic amines) is 1. The molecular formula is C11H23N3O. The van der Waals surface area contributed by atoms with Crippen molar-refractivity contribution in [3.05, 3.63) is 0 Å². The maximum atomic E-state index is 11.7. The van der Waals surface area contributed by atoms with Crippen LogP contribution in [0.5, 0.6) is 0 Å². The van der Waals surface area contributed by atoms with Crippen molar-refractivity contribution < 1.29 is 4.79 Å². The van der Waals surface area contributed by atoms with Gasteiger partial charge in [-0.3, -0.25) is 4.79 Å². The Labute approximate surface area is 92.4 Å². The van der Waals surface area contributed by atoms with Crippen LogP contribution in [0.4, 0.5) is 0 Å². The summed E-state index contributed by atoms with van der Waals surface area (Å²) in [5.41, 5.74) is 5.61. The van der Waals surface area contributed by atoms with Gasteiger partial charge < -0.3 is 15.5 Å². The standard InChI is InChI=1S/C11H23N3O/c1-4-14(11(15)9(2)12)8-10-5-6-13(3)7-10/h9-10H,4-8,12H2,1-3H3/t9-,10-/m0/s1. The van der Waals surface area contributed by atoms with E-state index in [-0.39, 0.29) is 11.9 Å². The third-order valence-electron chi connectivity index (χ3n) is 3.05. The average molecular weight is 213 g/mol. The normalized spacial score (nSPS) is 24.1. The molecule has 0 unspecified atom stereocenters. The van der Waals surface area contributed by atoms with Crippen LogP contribution in [0.25, 0.3) is 0 Å². The minimum Gasteiger partial charge on any atom is -0.341 e. The number of rotatable bonds is 4. The van der Waals surface area contributed by atoms with Gasteiger partial charge in [0.1, 0.15) is 0 Å². The number of hydrogen-bond donors (Lipinski definition) is 1. The lowest BCUT2D eigenvalue weighted by molar-refractivity contribution is -0.132. The van der Waals surface area contributed by atoms with E-state index in [1.54, 1.807) is 6.92 Å². The van der Waals surface area contributed by atoms with Crippen LogP contribution in [0.15, 0.2) is 0 Å². The molecule has 0 aromatic heterocycles. The Balaban J connectivity index is 2.43. The molecule has 2 atom stereocenters. The molecule has 0 bridgehead atoms. The molecule has 4 heteroatoms. The highest BCUT2D eigenvalue weighted by atomic mass is 16.2. The van der Waals surface area contributed by atoms with Crippen molar-refractivity contribution >= 4 is 5.91 Å². The van der Waals surface area contributed by atoms with Crippen molar-refractivity contribution in [2.24, 2.45) is 11.7 Å². The first-order valence-corrected chi connectivity index (χ1v) is 5.77. The molecular weight excluding hydrogens is 190 g/mol. The van der Waals surface area contributed by atoms with E-state index in [4.69, 9.17) is 5.73 Å². The fourth-order valence-electron chi connectivity index (χ4n) is 2.15. The van der Waals surface area contributed by atoms with E-state index in [1.807, 2.05) is 11.8 Å². The predicted molar refractivity (Wildman–Crippen MR) is 61.5 cm³/mol. The number of nitrogens with two attached hydrogens (primary N) is 1. The van der Waals surface area contributed by atoms with E-state index in [0.29, 0.717) is 5.92 Å². The molecule has 1 rings (SSSR count). The monoisotopic (exact) mass is 213 g/mol. The topological polar surface area (TPSA) is 49.6 Å². The zero-order valence-corrected chi connectivity index (χ0v) is 10.1. The first-order valence-electron chi connectivity index (χ1n) is 5.77. The lowest BCUT2D eigenvalue weighted by atomic mass is 10.1. The van der Waals surface area contributed by atoms with Gasteiger partial charge in [0.15, 0.2) is 0 Å². The number of nitrogens with zero attached hydrogens (tertiary/aromatic N) is 2. The zero-order valence-electron chi connectivity index (χ0n) is 10.1. The highest BCUT2D eigenvalue weighted by molar-refractivity contribution is 5.81. The van der Waals surface area contributed by atoms with E-state index in [2.05, 4.69) is 11.9 Å². The van der Waals surface area contributed by atoms with Gasteiger partial charge in [-0.1, -0.05) is 0 Å². The summed E-state index contributed by atoms with van der Waals surface area (Å²) >= 11 is 0. The molecule has 0 radical (unpaired) electrons. The van der Waals surface area contributed by atoms with Gasteiger partial charge in [0.2, 0.25) is 5.91 Å². The summed E-state index contributed by atoms with van der Waals surface area (Å²) in [4.78, 5) is 15.9. The van der Waals surface area contributed by atoms with Crippen molar-refractivity contribution in [2.75, 3.05) is 33.2 Å². The first kappa shape index (κ1) is 12.5. The van der Waals surface area contributed by atoms with Gasteiger partial charge in [-0.25, -0.2) is 0 Å². The van der Waals surface area contributed by atoms with Crippen LogP contribution in [0, 0.1) is 5.92 Å². The lowest BCUT2D eigenvalue weighted by Crippen LogP contribution is -2.44. The summed E-state index contributed by atoms with van der Waals surface area (Å²) in [6.45, 7) is 7.64. The summed E-state index contributed by atoms with van der Waals surface area (Å²) in [5.74, 6) is 0.699. The average Bonchev–Trinajstić information content (AvgIpc) is 2.59. The van der Waals surface area contributed by atoms with Crippen LogP contribution >= 0.6 is 0 Å². The second-order valence-corrected chi connectivity index (χ2v) is 4.58. The molecule has 0 aromatic rings. The SMILES string of the molecule is CCN(C[C@H]1CCN(C)C1)C(=O)[C@H](C)N. The highest BCUT2D eigenvalue weighted by Gasteiger charge is 2.24. The van der Waals surface area contributed by atoms with Crippen molar-refractivity contribution in [3.63, 3.8) is 0 Å². The zero-order chi connectivity index (χ0) is 11.4. The van der Waals surface area contributed by atoms with E-state index < -0.39 is 0 Å². The molecule has 1 aliphatic heterocycles. The molecule has 0 spiro atoms. The minimum atomic E-state index is -0.371. The molecule has 1 amide bonds. The Morgan fingerprint density at radius 2 is 2.33 bits per heavy atom. The van der Waals surface area contributed by atoms with Crippen molar-refractivity contribution in [2.45, 2.75) is 26.3 Å². The Hall–Kier alpha value is -0.610. The number of amides is 1. The Morgan fingerprint density at radius 3 is 2.73 bits per heavy atom. The molecule has 4 nitrogen and oxygen atoms in total. The van der Waals surface area contributed by atoms with E-state index in [0.717, 1.165) is 26.2 Å². The van der Waals surface area contributed by atoms with Crippen LogP contribution in [-0.4, -0.2) is 55.0 Å². The Bertz CT molecular complexity index is 218. The number of likely N-dealkylation sites (N-methyl/N-ethyl adjacent to an activating group) is 1. The molecule has 1 fully saturated rings. The number of hydrogen-bond acceptors (Lipinski definition) is 3. The molecule has 0 aliphatic carbocycles. The van der Waals surface area contributed by atoms with Gasteiger partial charge >= 0.3 is 0 Å². The van der Waals surface area contributed by atoms with Gasteiger partial charge in [0, 0.05) is 19.6 Å². The molecule has 88 valence electrons. The Morgan fingerprint density at radius 1 is 1.67 bits per heavy atom. The third-order valence-corrected chi connectivity index (χ3v) is 3.05. The van der Waals surface area contributed by atoms with Crippen LogP contribution in [0.2, 0.25) is 0 Å². The molecule has 2 N–H and O–H groups in total. The lowest BCUT2D eigenvalue weighted by Gasteiger charge is -2.25. The molecule has 15 heavy (non-hydrogen) atoms. The predicted octanol–water partition coefficient (Wildman–Crippen LogP) is 0.134. The maximum Gasteiger partial charge on any atom is 0.239 e. The van der Waals surface area contributed by atoms with Gasteiger partial charge in [-0.15, -0.1) is 0 Å². The quantitative estimate of drug-likeness (QED) is 0.722. The van der Waals surface area contributed by atoms with Crippen molar-refractivity contribution in [1.29, 1.82) is 0 Å². The third kappa shape index (κ3) is 3.47. The van der Waals surface area contributed by atoms with Gasteiger partial charge in [-0.2, -0.15) is 0 Å². The van der Waals surface area contributed by atoms with Crippen molar-refractivity contribution in [3.8, 4) is 0 Å². The fourth-order valence-corrected chi connectivity index (χ4v) is 2.15. The maximum absolute atomic E-state index is 11.7. The summed E-state index contributed by atoms with van der Waals surface area (Å²) < 4.78 is 0. The summed E-state index contributed by atoms with van der Waals surface area (Å²) in [7, 11) is 2.13. The summed E-state index contributed by atoms with van der Waals surface area (Å²) in [5, 5.41) is 0. The summed E-state index contributed by atoms with van der Waals surface area (Å²) in [6, 6.07) is -0.371. The molecule has 0 saturated carbocycles. The second-order valence-electron chi connectivity index (χ2n) is 4.58. The van der Waals surface area contributed by atoms with Crippen LogP contribution in [-0.2, 0) is 4.79 Å². The van der Waals surface area contributed by atoms with Gasteiger partial charge in [0.05, 0.1) is 6.04 Å². The van der Waals surface area contributed by atoms with E-state index in [9.17, 15) is 4.79 Å². The van der Waals surface area contributed by atoms with Gasteiger partial charge in [-0.05, 0) is 39.8 Å². The summed E-state index contributed by atoms with van der Waals surface area (Å²) in [6.07, 6.45) is 1.19. The largest absolute Gasteiger partial charge is 0.341 e. The molecule has 0 aromatic carbocycles. The number of carbonyl (C=O) groups is 1. The van der Waals surface area contributed by atoms with Crippen LogP contribution in [0.3, 0.4) is 0 Å². The van der Waals surface area contributed by atoms with Crippen molar-refractivity contribution in [1.82, 2.24) is 9.80 Å². The Kier molecular flexibility index (Phi) is 4.54. The van der Waals surface area contributed by atoms with E-state index in [1.165, 1.54) is 6.42 Å².